The second kappa shape index (κ2) is 5.79. The van der Waals surface area contributed by atoms with Crippen molar-refractivity contribution >= 4 is 15.7 Å². The third-order valence-corrected chi connectivity index (χ3v) is 3.88. The Balaban J connectivity index is 2.42. The quantitative estimate of drug-likeness (QED) is 0.687. The van der Waals surface area contributed by atoms with Crippen LogP contribution in [0, 0.1) is 0 Å². The molecule has 0 aliphatic carbocycles. The first kappa shape index (κ1) is 14.4. The predicted molar refractivity (Wildman–Crippen MR) is 64.3 cm³/mol. The van der Waals surface area contributed by atoms with Crippen molar-refractivity contribution in [2.24, 2.45) is 5.73 Å². The SMILES string of the molecule is COC1CCN(C(=O)C(N)CCS(C)(=O)=O)C1. The van der Waals surface area contributed by atoms with Crippen LogP contribution in [0.25, 0.3) is 0 Å². The second-order valence-corrected chi connectivity index (χ2v) is 6.72. The number of sulfone groups is 1. The summed E-state index contributed by atoms with van der Waals surface area (Å²) in [6.45, 7) is 1.17. The van der Waals surface area contributed by atoms with Crippen molar-refractivity contribution in [3.63, 3.8) is 0 Å². The highest BCUT2D eigenvalue weighted by molar-refractivity contribution is 7.90. The molecular weight excluding hydrogens is 244 g/mol. The lowest BCUT2D eigenvalue weighted by atomic mass is 10.2. The third-order valence-electron chi connectivity index (χ3n) is 2.91. The normalized spacial score (nSPS) is 22.8. The first-order chi connectivity index (χ1) is 7.83. The zero-order valence-corrected chi connectivity index (χ0v) is 11.1. The van der Waals surface area contributed by atoms with Gasteiger partial charge in [-0.2, -0.15) is 0 Å². The largest absolute Gasteiger partial charge is 0.380 e. The fourth-order valence-corrected chi connectivity index (χ4v) is 2.50. The Hall–Kier alpha value is -0.660. The Morgan fingerprint density at radius 1 is 1.59 bits per heavy atom. The summed E-state index contributed by atoms with van der Waals surface area (Å²) in [6, 6.07) is -0.736. The summed E-state index contributed by atoms with van der Waals surface area (Å²) < 4.78 is 27.1. The number of ether oxygens (including phenoxy) is 1. The monoisotopic (exact) mass is 264 g/mol. The number of amides is 1. The van der Waals surface area contributed by atoms with Gasteiger partial charge in [0, 0.05) is 26.5 Å². The smallest absolute Gasteiger partial charge is 0.239 e. The molecule has 1 rings (SSSR count). The Kier molecular flexibility index (Phi) is 4.91. The maximum atomic E-state index is 11.9. The molecule has 0 radical (unpaired) electrons. The van der Waals surface area contributed by atoms with Gasteiger partial charge < -0.3 is 15.4 Å². The fourth-order valence-electron chi connectivity index (χ4n) is 1.82. The van der Waals surface area contributed by atoms with Crippen molar-refractivity contribution in [1.82, 2.24) is 4.90 Å². The van der Waals surface area contributed by atoms with Crippen LogP contribution in [0.2, 0.25) is 0 Å². The first-order valence-electron chi connectivity index (χ1n) is 5.58. The van der Waals surface area contributed by atoms with Gasteiger partial charge in [0.25, 0.3) is 0 Å². The van der Waals surface area contributed by atoms with E-state index < -0.39 is 15.9 Å². The minimum absolute atomic E-state index is 0.0541. The minimum Gasteiger partial charge on any atom is -0.380 e. The Morgan fingerprint density at radius 2 is 2.24 bits per heavy atom. The standard InChI is InChI=1S/C10H20N2O4S/c1-16-8-3-5-12(7-8)10(13)9(11)4-6-17(2,14)15/h8-9H,3-7,11H2,1-2H3. The number of carbonyl (C=O) groups is 1. The van der Waals surface area contributed by atoms with Crippen LogP contribution in [0.1, 0.15) is 12.8 Å². The molecule has 100 valence electrons. The molecule has 1 heterocycles. The van der Waals surface area contributed by atoms with Crippen LogP contribution in [-0.4, -0.2) is 63.6 Å². The van der Waals surface area contributed by atoms with Gasteiger partial charge in [0.2, 0.25) is 5.91 Å². The van der Waals surface area contributed by atoms with E-state index in [9.17, 15) is 13.2 Å². The molecule has 0 aromatic heterocycles. The summed E-state index contributed by atoms with van der Waals surface area (Å²) in [5, 5.41) is 0. The highest BCUT2D eigenvalue weighted by atomic mass is 32.2. The topological polar surface area (TPSA) is 89.7 Å². The van der Waals surface area contributed by atoms with Crippen LogP contribution in [0.15, 0.2) is 0 Å². The highest BCUT2D eigenvalue weighted by Crippen LogP contribution is 2.13. The third kappa shape index (κ3) is 4.61. The van der Waals surface area contributed by atoms with Gasteiger partial charge >= 0.3 is 0 Å². The molecule has 1 amide bonds. The molecule has 1 aliphatic heterocycles. The molecule has 0 bridgehead atoms. The lowest BCUT2D eigenvalue weighted by Crippen LogP contribution is -2.43. The molecule has 0 aromatic carbocycles. The van der Waals surface area contributed by atoms with Crippen LogP contribution in [0.3, 0.4) is 0 Å². The van der Waals surface area contributed by atoms with E-state index in [0.29, 0.717) is 13.1 Å². The average molecular weight is 264 g/mol. The Labute approximate surface area is 102 Å². The van der Waals surface area contributed by atoms with Crippen LogP contribution < -0.4 is 5.73 Å². The zero-order chi connectivity index (χ0) is 13.1. The van der Waals surface area contributed by atoms with Gasteiger partial charge in [-0.1, -0.05) is 0 Å². The van der Waals surface area contributed by atoms with E-state index in [2.05, 4.69) is 0 Å². The van der Waals surface area contributed by atoms with Crippen LogP contribution in [0.5, 0.6) is 0 Å². The van der Waals surface area contributed by atoms with Crippen molar-refractivity contribution in [3.8, 4) is 0 Å². The van der Waals surface area contributed by atoms with Gasteiger partial charge in [0.15, 0.2) is 0 Å². The summed E-state index contributed by atoms with van der Waals surface area (Å²) in [5.41, 5.74) is 5.69. The number of hydrogen-bond acceptors (Lipinski definition) is 5. The molecule has 1 saturated heterocycles. The highest BCUT2D eigenvalue weighted by Gasteiger charge is 2.29. The molecule has 1 fully saturated rings. The Morgan fingerprint density at radius 3 is 2.71 bits per heavy atom. The lowest BCUT2D eigenvalue weighted by molar-refractivity contribution is -0.132. The maximum Gasteiger partial charge on any atom is 0.239 e. The predicted octanol–water partition coefficient (Wildman–Crippen LogP) is -1.00. The van der Waals surface area contributed by atoms with E-state index in [1.54, 1.807) is 12.0 Å². The van der Waals surface area contributed by atoms with E-state index in [1.165, 1.54) is 0 Å². The van der Waals surface area contributed by atoms with E-state index in [-0.39, 0.29) is 24.2 Å². The molecule has 0 spiro atoms. The molecule has 6 nitrogen and oxygen atoms in total. The van der Waals surface area contributed by atoms with Crippen molar-refractivity contribution in [1.29, 1.82) is 0 Å². The zero-order valence-electron chi connectivity index (χ0n) is 10.3. The number of nitrogens with zero attached hydrogens (tertiary/aromatic N) is 1. The molecule has 1 aliphatic rings. The second-order valence-electron chi connectivity index (χ2n) is 4.46. The molecule has 0 saturated carbocycles. The van der Waals surface area contributed by atoms with E-state index in [0.717, 1.165) is 12.7 Å². The van der Waals surface area contributed by atoms with Gasteiger partial charge in [-0.3, -0.25) is 4.79 Å². The van der Waals surface area contributed by atoms with Crippen molar-refractivity contribution in [2.45, 2.75) is 25.0 Å². The summed E-state index contributed by atoms with van der Waals surface area (Å²) in [7, 11) is -1.45. The molecule has 17 heavy (non-hydrogen) atoms. The Bertz CT molecular complexity index is 369. The number of hydrogen-bond donors (Lipinski definition) is 1. The minimum atomic E-state index is -3.07. The molecule has 2 unspecified atom stereocenters. The average Bonchev–Trinajstić information content (AvgIpc) is 2.72. The summed E-state index contributed by atoms with van der Waals surface area (Å²) in [5.74, 6) is -0.241. The lowest BCUT2D eigenvalue weighted by Gasteiger charge is -2.20. The van der Waals surface area contributed by atoms with E-state index in [4.69, 9.17) is 10.5 Å². The van der Waals surface area contributed by atoms with Gasteiger partial charge in [-0.05, 0) is 12.8 Å². The molecule has 2 atom stereocenters. The molecule has 0 aromatic rings. The van der Waals surface area contributed by atoms with E-state index >= 15 is 0 Å². The summed E-state index contributed by atoms with van der Waals surface area (Å²) in [6.07, 6.45) is 2.19. The van der Waals surface area contributed by atoms with Crippen LogP contribution in [0.4, 0.5) is 0 Å². The van der Waals surface area contributed by atoms with E-state index in [1.807, 2.05) is 0 Å². The van der Waals surface area contributed by atoms with Crippen LogP contribution in [-0.2, 0) is 19.4 Å². The number of rotatable bonds is 5. The van der Waals surface area contributed by atoms with Gasteiger partial charge in [-0.25, -0.2) is 8.42 Å². The molecule has 7 heteroatoms. The van der Waals surface area contributed by atoms with Crippen molar-refractivity contribution in [3.05, 3.63) is 0 Å². The van der Waals surface area contributed by atoms with Crippen LogP contribution >= 0.6 is 0 Å². The van der Waals surface area contributed by atoms with Gasteiger partial charge in [-0.15, -0.1) is 0 Å². The molecular formula is C10H20N2O4S. The van der Waals surface area contributed by atoms with Crippen molar-refractivity contribution in [2.75, 3.05) is 32.2 Å². The number of methoxy groups -OCH3 is 1. The fraction of sp³-hybridized carbons (Fsp3) is 0.900. The van der Waals surface area contributed by atoms with Gasteiger partial charge in [0.05, 0.1) is 17.9 Å². The maximum absolute atomic E-state index is 11.9. The number of carbonyl (C=O) groups excluding carboxylic acids is 1. The van der Waals surface area contributed by atoms with Crippen molar-refractivity contribution < 1.29 is 17.9 Å². The number of nitrogens with two attached hydrogens (primary N) is 1. The summed E-state index contributed by atoms with van der Waals surface area (Å²) in [4.78, 5) is 13.5. The number of likely N-dealkylation sites (tertiary alicyclic amines) is 1. The van der Waals surface area contributed by atoms with Gasteiger partial charge in [0.1, 0.15) is 9.84 Å². The summed E-state index contributed by atoms with van der Waals surface area (Å²) >= 11 is 0. The first-order valence-corrected chi connectivity index (χ1v) is 7.64. The molecule has 2 N–H and O–H groups in total.